The SMILES string of the molecule is CCCCCC12CCC(C3CCC(C#N)CC3)(CC1)CC2. The molecule has 4 saturated carbocycles. The first-order valence-electron chi connectivity index (χ1n) is 9.62. The van der Waals surface area contributed by atoms with Crippen molar-refractivity contribution in [1.82, 2.24) is 0 Å². The van der Waals surface area contributed by atoms with Gasteiger partial charge in [0.15, 0.2) is 0 Å². The van der Waals surface area contributed by atoms with Crippen molar-refractivity contribution in [3.8, 4) is 6.07 Å². The highest BCUT2D eigenvalue weighted by Gasteiger charge is 2.51. The molecule has 0 heterocycles. The molecule has 0 aromatic rings. The summed E-state index contributed by atoms with van der Waals surface area (Å²) in [5, 5.41) is 9.10. The number of nitriles is 1. The van der Waals surface area contributed by atoms with Crippen molar-refractivity contribution in [2.75, 3.05) is 0 Å². The maximum Gasteiger partial charge on any atom is 0.0655 e. The van der Waals surface area contributed by atoms with Crippen molar-refractivity contribution < 1.29 is 0 Å². The highest BCUT2D eigenvalue weighted by atomic mass is 14.6. The summed E-state index contributed by atoms with van der Waals surface area (Å²) in [5.41, 5.74) is 1.45. The lowest BCUT2D eigenvalue weighted by Gasteiger charge is -2.57. The Hall–Kier alpha value is -0.510. The van der Waals surface area contributed by atoms with Crippen molar-refractivity contribution in [3.05, 3.63) is 0 Å². The van der Waals surface area contributed by atoms with Crippen molar-refractivity contribution >= 4 is 0 Å². The topological polar surface area (TPSA) is 23.8 Å². The molecule has 4 fully saturated rings. The van der Waals surface area contributed by atoms with Gasteiger partial charge in [-0.2, -0.15) is 5.26 Å². The zero-order chi connectivity index (χ0) is 14.8. The molecule has 0 unspecified atom stereocenters. The normalized spacial score (nSPS) is 42.7. The third-order valence-electron chi connectivity index (χ3n) is 7.55. The van der Waals surface area contributed by atoms with Crippen LogP contribution in [0.15, 0.2) is 0 Å². The Morgan fingerprint density at radius 3 is 2.05 bits per heavy atom. The molecule has 4 rings (SSSR count). The molecule has 0 radical (unpaired) electrons. The summed E-state index contributed by atoms with van der Waals surface area (Å²) in [6.45, 7) is 2.32. The zero-order valence-electron chi connectivity index (χ0n) is 14.0. The summed E-state index contributed by atoms with van der Waals surface area (Å²) < 4.78 is 0. The Labute approximate surface area is 131 Å². The number of fused-ring (bicyclic) bond motifs is 3. The third kappa shape index (κ3) is 3.01. The number of nitrogens with zero attached hydrogens (tertiary/aromatic N) is 1. The van der Waals surface area contributed by atoms with E-state index in [1.165, 1.54) is 89.9 Å². The molecule has 4 aliphatic rings. The summed E-state index contributed by atoms with van der Waals surface area (Å²) in [4.78, 5) is 0. The second kappa shape index (κ2) is 6.31. The molecule has 0 saturated heterocycles. The quantitative estimate of drug-likeness (QED) is 0.549. The van der Waals surface area contributed by atoms with E-state index in [0.717, 1.165) is 11.3 Å². The van der Waals surface area contributed by atoms with E-state index in [2.05, 4.69) is 13.0 Å². The number of hydrogen-bond acceptors (Lipinski definition) is 1. The molecule has 118 valence electrons. The van der Waals surface area contributed by atoms with Gasteiger partial charge in [-0.15, -0.1) is 0 Å². The minimum atomic E-state index is 0.373. The first-order chi connectivity index (χ1) is 10.2. The predicted molar refractivity (Wildman–Crippen MR) is 87.8 cm³/mol. The molecule has 2 bridgehead atoms. The summed E-state index contributed by atoms with van der Waals surface area (Å²) in [6, 6.07) is 2.50. The van der Waals surface area contributed by atoms with Gasteiger partial charge >= 0.3 is 0 Å². The van der Waals surface area contributed by atoms with Gasteiger partial charge in [0.1, 0.15) is 0 Å². The minimum Gasteiger partial charge on any atom is -0.198 e. The van der Waals surface area contributed by atoms with Gasteiger partial charge in [-0.25, -0.2) is 0 Å². The number of hydrogen-bond donors (Lipinski definition) is 0. The van der Waals surface area contributed by atoms with Crippen LogP contribution in [0, 0.1) is 34.0 Å². The van der Waals surface area contributed by atoms with Gasteiger partial charge in [-0.05, 0) is 87.4 Å². The van der Waals surface area contributed by atoms with Crippen molar-refractivity contribution in [1.29, 1.82) is 5.26 Å². The van der Waals surface area contributed by atoms with E-state index < -0.39 is 0 Å². The molecule has 1 nitrogen and oxygen atoms in total. The molecule has 0 spiro atoms. The molecule has 1 heteroatoms. The van der Waals surface area contributed by atoms with Crippen LogP contribution in [0.5, 0.6) is 0 Å². The van der Waals surface area contributed by atoms with Crippen LogP contribution in [0.3, 0.4) is 0 Å². The van der Waals surface area contributed by atoms with Crippen molar-refractivity contribution in [3.63, 3.8) is 0 Å². The minimum absolute atomic E-state index is 0.373. The fraction of sp³-hybridized carbons (Fsp3) is 0.950. The second-order valence-electron chi connectivity index (χ2n) is 8.50. The van der Waals surface area contributed by atoms with E-state index in [4.69, 9.17) is 5.26 Å². The van der Waals surface area contributed by atoms with E-state index in [1.54, 1.807) is 0 Å². The van der Waals surface area contributed by atoms with Crippen LogP contribution in [0.2, 0.25) is 0 Å². The van der Waals surface area contributed by atoms with E-state index in [1.807, 2.05) is 0 Å². The lowest BCUT2D eigenvalue weighted by atomic mass is 9.47. The van der Waals surface area contributed by atoms with Crippen LogP contribution in [-0.2, 0) is 0 Å². The van der Waals surface area contributed by atoms with Crippen LogP contribution < -0.4 is 0 Å². The fourth-order valence-electron chi connectivity index (χ4n) is 5.86. The third-order valence-corrected chi connectivity index (χ3v) is 7.55. The smallest absolute Gasteiger partial charge is 0.0655 e. The molecule has 0 atom stereocenters. The van der Waals surface area contributed by atoms with Crippen molar-refractivity contribution in [2.24, 2.45) is 22.7 Å². The zero-order valence-corrected chi connectivity index (χ0v) is 14.0. The molecule has 0 aliphatic heterocycles. The molecular formula is C20H33N. The molecule has 21 heavy (non-hydrogen) atoms. The molecule has 0 amide bonds. The lowest BCUT2D eigenvalue weighted by molar-refractivity contribution is -0.0637. The number of unbranched alkanes of at least 4 members (excludes halogenated alkanes) is 2. The highest BCUT2D eigenvalue weighted by Crippen LogP contribution is 2.63. The maximum absolute atomic E-state index is 9.10. The van der Waals surface area contributed by atoms with Crippen LogP contribution in [0.25, 0.3) is 0 Å². The van der Waals surface area contributed by atoms with E-state index in [9.17, 15) is 0 Å². The van der Waals surface area contributed by atoms with Gasteiger partial charge in [-0.3, -0.25) is 0 Å². The molecule has 0 N–H and O–H groups in total. The number of rotatable bonds is 5. The van der Waals surface area contributed by atoms with Gasteiger partial charge in [0.25, 0.3) is 0 Å². The molecular weight excluding hydrogens is 254 g/mol. The molecule has 0 aromatic heterocycles. The average Bonchev–Trinajstić information content (AvgIpc) is 2.57. The Morgan fingerprint density at radius 2 is 1.52 bits per heavy atom. The molecule has 4 aliphatic carbocycles. The van der Waals surface area contributed by atoms with Crippen LogP contribution >= 0.6 is 0 Å². The van der Waals surface area contributed by atoms with Crippen LogP contribution in [-0.4, -0.2) is 0 Å². The van der Waals surface area contributed by atoms with Crippen LogP contribution in [0.4, 0.5) is 0 Å². The second-order valence-corrected chi connectivity index (χ2v) is 8.50. The Balaban J connectivity index is 1.55. The average molecular weight is 287 g/mol. The van der Waals surface area contributed by atoms with Crippen LogP contribution in [0.1, 0.15) is 96.8 Å². The van der Waals surface area contributed by atoms with Gasteiger partial charge < -0.3 is 0 Å². The summed E-state index contributed by atoms with van der Waals surface area (Å²) in [6.07, 6.45) is 20.0. The van der Waals surface area contributed by atoms with Gasteiger partial charge in [0.05, 0.1) is 6.07 Å². The maximum atomic E-state index is 9.10. The monoisotopic (exact) mass is 287 g/mol. The summed E-state index contributed by atoms with van der Waals surface area (Å²) in [5.74, 6) is 1.33. The first kappa shape index (κ1) is 15.4. The Bertz CT molecular complexity index is 359. The van der Waals surface area contributed by atoms with E-state index in [0.29, 0.717) is 11.3 Å². The Morgan fingerprint density at radius 1 is 0.905 bits per heavy atom. The van der Waals surface area contributed by atoms with Gasteiger partial charge in [-0.1, -0.05) is 26.2 Å². The lowest BCUT2D eigenvalue weighted by Crippen LogP contribution is -2.46. The Kier molecular flexibility index (Phi) is 4.63. The largest absolute Gasteiger partial charge is 0.198 e. The van der Waals surface area contributed by atoms with Gasteiger partial charge in [0.2, 0.25) is 0 Å². The highest BCUT2D eigenvalue weighted by molar-refractivity contribution is 5.03. The predicted octanol–water partition coefficient (Wildman–Crippen LogP) is 6.24. The van der Waals surface area contributed by atoms with Gasteiger partial charge in [0, 0.05) is 5.92 Å². The van der Waals surface area contributed by atoms with E-state index in [-0.39, 0.29) is 0 Å². The molecule has 0 aromatic carbocycles. The van der Waals surface area contributed by atoms with E-state index >= 15 is 0 Å². The van der Waals surface area contributed by atoms with Crippen molar-refractivity contribution in [2.45, 2.75) is 96.8 Å². The first-order valence-corrected chi connectivity index (χ1v) is 9.62. The fourth-order valence-corrected chi connectivity index (χ4v) is 5.86. The standard InChI is InChI=1S/C20H33N/c1-2-3-4-9-19-10-13-20(14-11-19,15-12-19)18-7-5-17(16-21)6-8-18/h17-18H,2-15H2,1H3. The summed E-state index contributed by atoms with van der Waals surface area (Å²) in [7, 11) is 0. The summed E-state index contributed by atoms with van der Waals surface area (Å²) >= 11 is 0.